The highest BCUT2D eigenvalue weighted by molar-refractivity contribution is 6.06. The number of hydrogen-bond acceptors (Lipinski definition) is 14. The predicted molar refractivity (Wildman–Crippen MR) is 207 cm³/mol. The van der Waals surface area contributed by atoms with Gasteiger partial charge in [0, 0.05) is 37.6 Å². The van der Waals surface area contributed by atoms with Crippen molar-refractivity contribution in [2.75, 3.05) is 6.61 Å². The molecule has 7 atom stereocenters. The van der Waals surface area contributed by atoms with E-state index in [1.165, 1.54) is 50.2 Å². The first-order valence-electron chi connectivity index (χ1n) is 18.9. The third-order valence-electron chi connectivity index (χ3n) is 11.4. The summed E-state index contributed by atoms with van der Waals surface area (Å²) < 4.78 is 22.5. The summed E-state index contributed by atoms with van der Waals surface area (Å²) in [6, 6.07) is 13.6. The number of rotatable bonds is 6. The summed E-state index contributed by atoms with van der Waals surface area (Å²) in [6.07, 6.45) is -1.23. The molecule has 306 valence electrons. The van der Waals surface area contributed by atoms with E-state index in [1.54, 1.807) is 12.1 Å². The lowest BCUT2D eigenvalue weighted by Crippen LogP contribution is -2.43. The average Bonchev–Trinajstić information content (AvgIpc) is 3.14. The number of ether oxygens (including phenoxy) is 4. The highest BCUT2D eigenvalue weighted by Gasteiger charge is 2.40. The second kappa shape index (κ2) is 16.6. The van der Waals surface area contributed by atoms with Crippen LogP contribution in [0.3, 0.4) is 0 Å². The van der Waals surface area contributed by atoms with Gasteiger partial charge in [0.05, 0.1) is 25.0 Å². The quantitative estimate of drug-likeness (QED) is 0.105. The molecule has 0 amide bonds. The number of hydrogen-bond donors (Lipinski definition) is 6. The van der Waals surface area contributed by atoms with E-state index in [9.17, 15) is 49.8 Å². The Kier molecular flexibility index (Phi) is 11.8. The van der Waals surface area contributed by atoms with Crippen molar-refractivity contribution < 1.29 is 68.8 Å². The molecule has 7 rings (SSSR count). The van der Waals surface area contributed by atoms with Crippen LogP contribution in [0.5, 0.6) is 46.0 Å². The van der Waals surface area contributed by atoms with Crippen molar-refractivity contribution in [3.63, 3.8) is 0 Å². The maximum atomic E-state index is 13.1. The fourth-order valence-corrected chi connectivity index (χ4v) is 7.96. The molecule has 4 aromatic rings. The van der Waals surface area contributed by atoms with Crippen LogP contribution >= 0.6 is 0 Å². The van der Waals surface area contributed by atoms with Crippen LogP contribution < -0.4 is 9.47 Å². The van der Waals surface area contributed by atoms with Crippen molar-refractivity contribution in [2.45, 2.75) is 72.2 Å². The normalized spacial score (nSPS) is 23.5. The Bertz CT molecular complexity index is 2240. The molecule has 0 aromatic heterocycles. The van der Waals surface area contributed by atoms with Crippen molar-refractivity contribution in [3.8, 4) is 57.1 Å². The SMILES string of the molecule is CC(=O)OCC1CC(OC(C)=O)[C@H](C)[C@@H](C)C1C.O=C1C[C@@H](c2ccc(O)c(-c3c(O)cc(O)c4c3O[C@H](c3ccc(O)cc3)CC4=O)c2)Oc2cc(O)cc(O)c21. The first-order valence-corrected chi connectivity index (χ1v) is 18.9. The number of esters is 2. The standard InChI is InChI=1S/C30H22O10.C14H24O4/c31-15-4-1-13(2-5-15)24-12-23(38)29-21(36)10-20(35)27(30(29)40-24)17-7-14(3-6-18(17)33)25-11-22(37)28-19(34)8-16(32)9-26(28)39-25;1-8-9(2)13(7-17-11(4)15)6-14(10(8)3)18-12(5)16/h1-10,24-25,31-36H,11-12H2;8-10,13-14H,6-7H2,1-5H3/t24-,25-;8-,9?,10+,13?,14?/m00/s1. The molecule has 3 aliphatic rings. The summed E-state index contributed by atoms with van der Waals surface area (Å²) >= 11 is 0. The van der Waals surface area contributed by atoms with E-state index in [2.05, 4.69) is 20.8 Å². The van der Waals surface area contributed by atoms with Crippen molar-refractivity contribution in [1.29, 1.82) is 0 Å². The molecule has 6 N–H and O–H groups in total. The summed E-state index contributed by atoms with van der Waals surface area (Å²) in [7, 11) is 0. The summed E-state index contributed by atoms with van der Waals surface area (Å²) in [5.74, 6) is -1.90. The number of carbonyl (C=O) groups excluding carboxylic acids is 4. The smallest absolute Gasteiger partial charge is 0.302 e. The number of carbonyl (C=O) groups is 4. The van der Waals surface area contributed by atoms with Gasteiger partial charge >= 0.3 is 11.9 Å². The summed E-state index contributed by atoms with van der Waals surface area (Å²) in [6.45, 7) is 9.76. The van der Waals surface area contributed by atoms with Gasteiger partial charge < -0.3 is 49.6 Å². The van der Waals surface area contributed by atoms with Crippen LogP contribution in [0.4, 0.5) is 0 Å². The van der Waals surface area contributed by atoms with Crippen LogP contribution in [0.25, 0.3) is 11.1 Å². The number of benzene rings is 4. The fourth-order valence-electron chi connectivity index (χ4n) is 7.96. The Labute approximate surface area is 334 Å². The van der Waals surface area contributed by atoms with Gasteiger partial charge in [0.25, 0.3) is 0 Å². The van der Waals surface area contributed by atoms with Crippen LogP contribution in [-0.4, -0.2) is 66.9 Å². The molecule has 1 aliphatic carbocycles. The van der Waals surface area contributed by atoms with Crippen LogP contribution in [-0.2, 0) is 19.1 Å². The van der Waals surface area contributed by atoms with Crippen molar-refractivity contribution in [1.82, 2.24) is 0 Å². The second-order valence-corrected chi connectivity index (χ2v) is 15.2. The van der Waals surface area contributed by atoms with E-state index in [4.69, 9.17) is 18.9 Å². The lowest BCUT2D eigenvalue weighted by atomic mass is 9.67. The molecule has 4 aromatic carbocycles. The minimum atomic E-state index is -0.872. The molecule has 1 saturated carbocycles. The number of ketones is 2. The number of Topliss-reactive ketones (excluding diaryl/α,β-unsaturated/α-hetero) is 2. The van der Waals surface area contributed by atoms with Gasteiger partial charge in [0.15, 0.2) is 11.6 Å². The van der Waals surface area contributed by atoms with E-state index < -0.39 is 41.0 Å². The predicted octanol–water partition coefficient (Wildman–Crippen LogP) is 7.41. The second-order valence-electron chi connectivity index (χ2n) is 15.2. The summed E-state index contributed by atoms with van der Waals surface area (Å²) in [5, 5.41) is 61.8. The van der Waals surface area contributed by atoms with Crippen LogP contribution in [0, 0.1) is 23.7 Å². The van der Waals surface area contributed by atoms with E-state index in [0.717, 1.165) is 18.6 Å². The lowest BCUT2D eigenvalue weighted by molar-refractivity contribution is -0.159. The van der Waals surface area contributed by atoms with Crippen LogP contribution in [0.15, 0.2) is 60.7 Å². The molecule has 0 bridgehead atoms. The zero-order chi connectivity index (χ0) is 42.2. The molecule has 0 saturated heterocycles. The topological polar surface area (TPSA) is 227 Å². The zero-order valence-corrected chi connectivity index (χ0v) is 32.6. The van der Waals surface area contributed by atoms with E-state index >= 15 is 0 Å². The molecule has 58 heavy (non-hydrogen) atoms. The largest absolute Gasteiger partial charge is 0.508 e. The number of fused-ring (bicyclic) bond motifs is 2. The minimum Gasteiger partial charge on any atom is -0.508 e. The Balaban J connectivity index is 0.000000265. The van der Waals surface area contributed by atoms with Gasteiger partial charge in [-0.25, -0.2) is 0 Å². The van der Waals surface area contributed by atoms with Gasteiger partial charge in [-0.15, -0.1) is 0 Å². The van der Waals surface area contributed by atoms with E-state index in [-0.39, 0.29) is 87.8 Å². The molecule has 0 radical (unpaired) electrons. The molecule has 0 spiro atoms. The monoisotopic (exact) mass is 798 g/mol. The average molecular weight is 799 g/mol. The van der Waals surface area contributed by atoms with Crippen LogP contribution in [0.1, 0.15) is 97.9 Å². The van der Waals surface area contributed by atoms with Crippen molar-refractivity contribution in [2.24, 2.45) is 23.7 Å². The number of phenols is 6. The Hall–Kier alpha value is -6.44. The van der Waals surface area contributed by atoms with Crippen molar-refractivity contribution in [3.05, 3.63) is 82.9 Å². The third-order valence-corrected chi connectivity index (χ3v) is 11.4. The number of aromatic hydroxyl groups is 6. The fraction of sp³-hybridized carbons (Fsp3) is 0.364. The van der Waals surface area contributed by atoms with E-state index in [1.807, 2.05) is 0 Å². The highest BCUT2D eigenvalue weighted by Crippen LogP contribution is 2.52. The Morgan fingerprint density at radius 2 is 1.24 bits per heavy atom. The molecular weight excluding hydrogens is 752 g/mol. The van der Waals surface area contributed by atoms with Gasteiger partial charge in [-0.3, -0.25) is 19.2 Å². The highest BCUT2D eigenvalue weighted by atomic mass is 16.5. The van der Waals surface area contributed by atoms with Gasteiger partial charge in [0.2, 0.25) is 0 Å². The third kappa shape index (κ3) is 8.46. The molecule has 2 heterocycles. The summed E-state index contributed by atoms with van der Waals surface area (Å²) in [4.78, 5) is 48.0. The van der Waals surface area contributed by atoms with Gasteiger partial charge in [-0.1, -0.05) is 39.0 Å². The molecule has 14 nitrogen and oxygen atoms in total. The minimum absolute atomic E-state index is 0.0103. The molecular formula is C44H46O14. The van der Waals surface area contributed by atoms with Crippen LogP contribution in [0.2, 0.25) is 0 Å². The Morgan fingerprint density at radius 1 is 0.638 bits per heavy atom. The zero-order valence-electron chi connectivity index (χ0n) is 32.6. The first-order chi connectivity index (χ1) is 27.4. The lowest BCUT2D eigenvalue weighted by Gasteiger charge is -2.42. The molecule has 2 aliphatic heterocycles. The van der Waals surface area contributed by atoms with Gasteiger partial charge in [-0.2, -0.15) is 0 Å². The first kappa shape index (κ1) is 41.2. The maximum Gasteiger partial charge on any atom is 0.302 e. The maximum absolute atomic E-state index is 13.1. The van der Waals surface area contributed by atoms with E-state index in [0.29, 0.717) is 35.5 Å². The van der Waals surface area contributed by atoms with Gasteiger partial charge in [-0.05, 0) is 65.5 Å². The molecule has 3 unspecified atom stereocenters. The van der Waals surface area contributed by atoms with Crippen molar-refractivity contribution >= 4 is 23.5 Å². The number of phenolic OH excluding ortho intramolecular Hbond substituents is 6. The van der Waals surface area contributed by atoms with Gasteiger partial charge in [0.1, 0.15) is 75.4 Å². The summed E-state index contributed by atoms with van der Waals surface area (Å²) in [5.41, 5.74) is 0.769. The molecule has 1 fully saturated rings. The molecule has 14 heteroatoms. The Morgan fingerprint density at radius 3 is 1.90 bits per heavy atom.